The number of nitrogens with one attached hydrogen (secondary N) is 1. The summed E-state index contributed by atoms with van der Waals surface area (Å²) in [5.74, 6) is -0.0290. The summed E-state index contributed by atoms with van der Waals surface area (Å²) in [4.78, 5) is 24.6. The van der Waals surface area contributed by atoms with E-state index < -0.39 is 0 Å². The highest BCUT2D eigenvalue weighted by molar-refractivity contribution is 5.98. The summed E-state index contributed by atoms with van der Waals surface area (Å²) in [5, 5.41) is 2.99. The van der Waals surface area contributed by atoms with Gasteiger partial charge >= 0.3 is 0 Å². The highest BCUT2D eigenvalue weighted by Gasteiger charge is 2.16. The number of hydrogen-bond donors (Lipinski definition) is 1. The number of ketones is 1. The van der Waals surface area contributed by atoms with Gasteiger partial charge in [-0.05, 0) is 61.4 Å². The van der Waals surface area contributed by atoms with Crippen LogP contribution >= 0.6 is 0 Å². The molecule has 3 heteroatoms. The molecule has 130 valence electrons. The minimum absolute atomic E-state index is 0.0494. The van der Waals surface area contributed by atoms with Crippen LogP contribution in [0.15, 0.2) is 42.5 Å². The molecule has 0 saturated heterocycles. The van der Waals surface area contributed by atoms with E-state index in [-0.39, 0.29) is 30.6 Å². The van der Waals surface area contributed by atoms with Crippen molar-refractivity contribution in [3.05, 3.63) is 70.3 Å². The van der Waals surface area contributed by atoms with Crippen molar-refractivity contribution in [2.75, 3.05) is 0 Å². The van der Waals surface area contributed by atoms with Crippen molar-refractivity contribution in [3.8, 4) is 0 Å². The smallest absolute Gasteiger partial charge is 0.220 e. The number of aryl methyl sites for hydroxylation is 3. The maximum Gasteiger partial charge on any atom is 0.220 e. The lowest BCUT2D eigenvalue weighted by atomic mass is 10.0. The van der Waals surface area contributed by atoms with Gasteiger partial charge in [0.2, 0.25) is 5.91 Å². The summed E-state index contributed by atoms with van der Waals surface area (Å²) in [5.41, 5.74) is 5.66. The quantitative estimate of drug-likeness (QED) is 0.799. The molecule has 2 aromatic carbocycles. The minimum atomic E-state index is -0.0785. The average molecular weight is 335 g/mol. The van der Waals surface area contributed by atoms with E-state index in [4.69, 9.17) is 0 Å². The van der Waals surface area contributed by atoms with Crippen LogP contribution in [0.3, 0.4) is 0 Å². The Hall–Kier alpha value is -2.42. The predicted molar refractivity (Wildman–Crippen MR) is 99.8 cm³/mol. The van der Waals surface area contributed by atoms with Gasteiger partial charge in [-0.25, -0.2) is 0 Å². The molecule has 25 heavy (non-hydrogen) atoms. The molecule has 1 aliphatic rings. The standard InChI is InChI=1S/C22H25NO2/c1-15-6-3-4-9-20(15)16(2)23-22(25)13-12-21(24)19-11-10-17-7-5-8-18(17)14-19/h3-4,6,9-11,14,16H,5,7-8,12-13H2,1-2H3,(H,23,25)/t16-/m1/s1. The first-order chi connectivity index (χ1) is 12.0. The van der Waals surface area contributed by atoms with E-state index in [0.29, 0.717) is 0 Å². The Balaban J connectivity index is 1.53. The molecule has 1 amide bonds. The van der Waals surface area contributed by atoms with Gasteiger partial charge in [0.15, 0.2) is 5.78 Å². The molecule has 0 fully saturated rings. The SMILES string of the molecule is Cc1ccccc1[C@@H](C)NC(=O)CCC(=O)c1ccc2c(c1)CCC2. The predicted octanol–water partition coefficient (Wildman–Crippen LogP) is 4.32. The molecule has 0 saturated carbocycles. The highest BCUT2D eigenvalue weighted by Crippen LogP contribution is 2.23. The molecule has 0 unspecified atom stereocenters. The number of amides is 1. The van der Waals surface area contributed by atoms with Crippen molar-refractivity contribution in [1.29, 1.82) is 0 Å². The van der Waals surface area contributed by atoms with E-state index in [1.807, 2.05) is 50.2 Å². The Bertz CT molecular complexity index is 794. The van der Waals surface area contributed by atoms with Gasteiger partial charge in [0, 0.05) is 18.4 Å². The van der Waals surface area contributed by atoms with Gasteiger partial charge in [-0.1, -0.05) is 36.4 Å². The third-order valence-corrected chi connectivity index (χ3v) is 5.03. The van der Waals surface area contributed by atoms with Gasteiger partial charge in [0.05, 0.1) is 6.04 Å². The van der Waals surface area contributed by atoms with Crippen molar-refractivity contribution in [1.82, 2.24) is 5.32 Å². The van der Waals surface area contributed by atoms with Crippen LogP contribution in [0.1, 0.15) is 64.8 Å². The minimum Gasteiger partial charge on any atom is -0.350 e. The van der Waals surface area contributed by atoms with E-state index >= 15 is 0 Å². The molecule has 0 bridgehead atoms. The lowest BCUT2D eigenvalue weighted by Gasteiger charge is -2.16. The third kappa shape index (κ3) is 4.16. The van der Waals surface area contributed by atoms with Crippen LogP contribution in [0, 0.1) is 6.92 Å². The number of carbonyl (C=O) groups is 2. The van der Waals surface area contributed by atoms with Crippen molar-refractivity contribution in [3.63, 3.8) is 0 Å². The summed E-state index contributed by atoms with van der Waals surface area (Å²) in [6.07, 6.45) is 3.83. The van der Waals surface area contributed by atoms with Crippen LogP contribution in [0.25, 0.3) is 0 Å². The fourth-order valence-electron chi connectivity index (χ4n) is 3.58. The van der Waals surface area contributed by atoms with Crippen molar-refractivity contribution >= 4 is 11.7 Å². The summed E-state index contributed by atoms with van der Waals surface area (Å²) >= 11 is 0. The van der Waals surface area contributed by atoms with Crippen molar-refractivity contribution < 1.29 is 9.59 Å². The molecule has 0 aliphatic heterocycles. The van der Waals surface area contributed by atoms with Crippen molar-refractivity contribution in [2.45, 2.75) is 52.0 Å². The molecular weight excluding hydrogens is 310 g/mol. The van der Waals surface area contributed by atoms with Crippen LogP contribution in [-0.4, -0.2) is 11.7 Å². The fourth-order valence-corrected chi connectivity index (χ4v) is 3.58. The van der Waals surface area contributed by atoms with Gasteiger partial charge in [0.25, 0.3) is 0 Å². The van der Waals surface area contributed by atoms with E-state index in [9.17, 15) is 9.59 Å². The molecule has 0 heterocycles. The van der Waals surface area contributed by atoms with E-state index in [1.54, 1.807) is 0 Å². The third-order valence-electron chi connectivity index (χ3n) is 5.03. The number of hydrogen-bond acceptors (Lipinski definition) is 2. The fraction of sp³-hybridized carbons (Fsp3) is 0.364. The largest absolute Gasteiger partial charge is 0.350 e. The summed E-state index contributed by atoms with van der Waals surface area (Å²) in [7, 11) is 0. The van der Waals surface area contributed by atoms with Crippen LogP contribution in [0.4, 0.5) is 0 Å². The van der Waals surface area contributed by atoms with Crippen LogP contribution in [0.2, 0.25) is 0 Å². The molecule has 0 aromatic heterocycles. The number of carbonyl (C=O) groups excluding carboxylic acids is 2. The maximum atomic E-state index is 12.4. The second-order valence-corrected chi connectivity index (χ2v) is 6.91. The lowest BCUT2D eigenvalue weighted by molar-refractivity contribution is -0.121. The Morgan fingerprint density at radius 2 is 1.80 bits per heavy atom. The molecule has 0 radical (unpaired) electrons. The highest BCUT2D eigenvalue weighted by atomic mass is 16.2. The van der Waals surface area contributed by atoms with Gasteiger partial charge in [-0.15, -0.1) is 0 Å². The maximum absolute atomic E-state index is 12.4. The lowest BCUT2D eigenvalue weighted by Crippen LogP contribution is -2.27. The topological polar surface area (TPSA) is 46.2 Å². The second-order valence-electron chi connectivity index (χ2n) is 6.91. The first kappa shape index (κ1) is 17.4. The molecule has 2 aromatic rings. The Kier molecular flexibility index (Phi) is 5.32. The average Bonchev–Trinajstić information content (AvgIpc) is 3.07. The first-order valence-corrected chi connectivity index (χ1v) is 9.04. The molecule has 1 N–H and O–H groups in total. The number of rotatable bonds is 6. The molecule has 0 spiro atoms. The first-order valence-electron chi connectivity index (χ1n) is 9.04. The summed E-state index contributed by atoms with van der Waals surface area (Å²) in [6, 6.07) is 14.0. The zero-order valence-electron chi connectivity index (χ0n) is 15.0. The van der Waals surface area contributed by atoms with E-state index in [1.165, 1.54) is 17.5 Å². The van der Waals surface area contributed by atoms with Crippen molar-refractivity contribution in [2.24, 2.45) is 0 Å². The van der Waals surface area contributed by atoms with Crippen LogP contribution in [0.5, 0.6) is 0 Å². The van der Waals surface area contributed by atoms with Gasteiger partial charge in [-0.2, -0.15) is 0 Å². The molecule has 1 aliphatic carbocycles. The number of fused-ring (bicyclic) bond motifs is 1. The summed E-state index contributed by atoms with van der Waals surface area (Å²) < 4.78 is 0. The molecule has 3 nitrogen and oxygen atoms in total. The van der Waals surface area contributed by atoms with Gasteiger partial charge in [-0.3, -0.25) is 9.59 Å². The van der Waals surface area contributed by atoms with E-state index in [0.717, 1.165) is 29.5 Å². The van der Waals surface area contributed by atoms with Crippen LogP contribution < -0.4 is 5.32 Å². The molecular formula is C22H25NO2. The van der Waals surface area contributed by atoms with Gasteiger partial charge < -0.3 is 5.32 Å². The Morgan fingerprint density at radius 1 is 1.04 bits per heavy atom. The summed E-state index contributed by atoms with van der Waals surface area (Å²) in [6.45, 7) is 4.01. The van der Waals surface area contributed by atoms with Crippen LogP contribution in [-0.2, 0) is 17.6 Å². The zero-order chi connectivity index (χ0) is 17.8. The molecule has 3 rings (SSSR count). The second kappa shape index (κ2) is 7.64. The van der Waals surface area contributed by atoms with Gasteiger partial charge in [0.1, 0.15) is 0 Å². The normalized spacial score (nSPS) is 14.0. The zero-order valence-corrected chi connectivity index (χ0v) is 15.0. The molecule has 1 atom stereocenters. The van der Waals surface area contributed by atoms with E-state index in [2.05, 4.69) is 11.4 Å². The number of benzene rings is 2. The Labute approximate surface area is 149 Å². The number of Topliss-reactive ketones (excluding diaryl/α,β-unsaturated/α-hetero) is 1. The Morgan fingerprint density at radius 3 is 2.60 bits per heavy atom. The monoisotopic (exact) mass is 335 g/mol.